The fraction of sp³-hybridized carbons (Fsp3) is 0.222. The number of nitrogens with zero attached hydrogens (tertiary/aromatic N) is 1. The molecule has 2 nitrogen and oxygen atoms in total. The van der Waals surface area contributed by atoms with Crippen molar-refractivity contribution in [3.63, 3.8) is 0 Å². The number of nitrogens with two attached hydrogens (primary N) is 1. The topological polar surface area (TPSA) is 38.4 Å². The molecular weight excluding hydrogens is 235 g/mol. The van der Waals surface area contributed by atoms with Crippen molar-refractivity contribution >= 4 is 21.6 Å². The minimum Gasteiger partial charge on any atom is -0.323 e. The molecule has 1 aromatic carbocycles. The molecule has 0 heterocycles. The van der Waals surface area contributed by atoms with E-state index in [2.05, 4.69) is 21.0 Å². The quantitative estimate of drug-likeness (QED) is 0.485. The first-order valence-electron chi connectivity index (χ1n) is 3.80. The van der Waals surface area contributed by atoms with Gasteiger partial charge in [0.15, 0.2) is 0 Å². The van der Waals surface area contributed by atoms with E-state index < -0.39 is 0 Å². The lowest BCUT2D eigenvalue weighted by molar-refractivity contribution is 0.626. The van der Waals surface area contributed by atoms with Crippen LogP contribution in [-0.2, 0) is 6.42 Å². The first kappa shape index (κ1) is 10.2. The molecule has 0 fully saturated rings. The van der Waals surface area contributed by atoms with Gasteiger partial charge >= 0.3 is 0 Å². The molecule has 0 saturated heterocycles. The third-order valence-corrected chi connectivity index (χ3v) is 2.45. The van der Waals surface area contributed by atoms with Crippen LogP contribution >= 0.6 is 15.9 Å². The van der Waals surface area contributed by atoms with Crippen LogP contribution < -0.4 is 5.84 Å². The van der Waals surface area contributed by atoms with Crippen LogP contribution in [0.5, 0.6) is 0 Å². The van der Waals surface area contributed by atoms with Gasteiger partial charge in [0.25, 0.3) is 0 Å². The summed E-state index contributed by atoms with van der Waals surface area (Å²) in [5, 5.41) is 3.53. The smallest absolute Gasteiger partial charge is 0.123 e. The lowest BCUT2D eigenvalue weighted by atomic mass is 10.1. The minimum atomic E-state index is -0.247. The molecule has 70 valence electrons. The van der Waals surface area contributed by atoms with Crippen LogP contribution in [0.2, 0.25) is 0 Å². The average Bonchev–Trinajstić information content (AvgIpc) is 2.11. The Bertz CT molecular complexity index is 336. The molecule has 0 atom stereocenters. The highest BCUT2D eigenvalue weighted by molar-refractivity contribution is 9.10. The van der Waals surface area contributed by atoms with Gasteiger partial charge in [0.2, 0.25) is 0 Å². The van der Waals surface area contributed by atoms with Gasteiger partial charge in [-0.25, -0.2) is 4.39 Å². The minimum absolute atomic E-state index is 0.247. The van der Waals surface area contributed by atoms with Gasteiger partial charge < -0.3 is 5.84 Å². The molecule has 0 aromatic heterocycles. The zero-order valence-corrected chi connectivity index (χ0v) is 8.81. The maximum absolute atomic E-state index is 12.8. The van der Waals surface area contributed by atoms with Crippen molar-refractivity contribution < 1.29 is 4.39 Å². The molecule has 0 aliphatic carbocycles. The van der Waals surface area contributed by atoms with E-state index >= 15 is 0 Å². The summed E-state index contributed by atoms with van der Waals surface area (Å²) in [4.78, 5) is 0. The Kier molecular flexibility index (Phi) is 3.42. The Hall–Kier alpha value is -0.900. The highest BCUT2D eigenvalue weighted by Crippen LogP contribution is 2.18. The van der Waals surface area contributed by atoms with Gasteiger partial charge in [-0.2, -0.15) is 5.10 Å². The van der Waals surface area contributed by atoms with Crippen molar-refractivity contribution in [2.24, 2.45) is 10.9 Å². The zero-order chi connectivity index (χ0) is 9.84. The number of hydrogen-bond acceptors (Lipinski definition) is 2. The molecule has 0 amide bonds. The standard InChI is InChI=1S/C9H10BrFN2/c1-6(13-12)4-7-5-8(11)2-3-9(7)10/h2-3,5H,4,12H2,1H3/b13-6-. The highest BCUT2D eigenvalue weighted by atomic mass is 79.9. The van der Waals surface area contributed by atoms with E-state index in [4.69, 9.17) is 5.84 Å². The molecular formula is C9H10BrFN2. The molecule has 0 spiro atoms. The maximum Gasteiger partial charge on any atom is 0.123 e. The monoisotopic (exact) mass is 244 g/mol. The first-order chi connectivity index (χ1) is 6.13. The second-order valence-electron chi connectivity index (χ2n) is 2.78. The Morgan fingerprint density at radius 3 is 2.92 bits per heavy atom. The van der Waals surface area contributed by atoms with Gasteiger partial charge in [0.1, 0.15) is 5.82 Å². The van der Waals surface area contributed by atoms with Gasteiger partial charge in [-0.05, 0) is 30.7 Å². The molecule has 4 heteroatoms. The van der Waals surface area contributed by atoms with Crippen molar-refractivity contribution in [1.82, 2.24) is 0 Å². The van der Waals surface area contributed by atoms with Crippen LogP contribution in [-0.4, -0.2) is 5.71 Å². The van der Waals surface area contributed by atoms with E-state index in [1.54, 1.807) is 13.0 Å². The summed E-state index contributed by atoms with van der Waals surface area (Å²) < 4.78 is 13.7. The van der Waals surface area contributed by atoms with Gasteiger partial charge in [0, 0.05) is 16.6 Å². The summed E-state index contributed by atoms with van der Waals surface area (Å²) >= 11 is 3.33. The molecule has 2 N–H and O–H groups in total. The summed E-state index contributed by atoms with van der Waals surface area (Å²) in [6.45, 7) is 1.80. The van der Waals surface area contributed by atoms with E-state index in [1.807, 2.05) is 0 Å². The molecule has 0 unspecified atom stereocenters. The molecule has 0 bridgehead atoms. The van der Waals surface area contributed by atoms with Crippen LogP contribution in [0.4, 0.5) is 4.39 Å². The number of hydrogen-bond donors (Lipinski definition) is 1. The molecule has 0 saturated carbocycles. The van der Waals surface area contributed by atoms with E-state index in [0.29, 0.717) is 6.42 Å². The average molecular weight is 245 g/mol. The van der Waals surface area contributed by atoms with Crippen molar-refractivity contribution in [1.29, 1.82) is 0 Å². The van der Waals surface area contributed by atoms with Gasteiger partial charge in [-0.3, -0.25) is 0 Å². The van der Waals surface area contributed by atoms with Gasteiger partial charge in [-0.15, -0.1) is 0 Å². The van der Waals surface area contributed by atoms with Crippen molar-refractivity contribution in [2.75, 3.05) is 0 Å². The number of halogens is 2. The largest absolute Gasteiger partial charge is 0.323 e. The van der Waals surface area contributed by atoms with Gasteiger partial charge in [-0.1, -0.05) is 15.9 Å². The van der Waals surface area contributed by atoms with Crippen molar-refractivity contribution in [2.45, 2.75) is 13.3 Å². The molecule has 1 rings (SSSR count). The Morgan fingerprint density at radius 2 is 2.31 bits per heavy atom. The van der Waals surface area contributed by atoms with Crippen LogP contribution in [0.3, 0.4) is 0 Å². The van der Waals surface area contributed by atoms with E-state index in [0.717, 1.165) is 15.7 Å². The summed E-state index contributed by atoms with van der Waals surface area (Å²) in [7, 11) is 0. The fourth-order valence-corrected chi connectivity index (χ4v) is 1.39. The maximum atomic E-state index is 12.8. The summed E-state index contributed by atoms with van der Waals surface area (Å²) in [5.74, 6) is 4.84. The number of rotatable bonds is 2. The number of hydrazone groups is 1. The Morgan fingerprint density at radius 1 is 1.62 bits per heavy atom. The summed E-state index contributed by atoms with van der Waals surface area (Å²) in [5.41, 5.74) is 1.62. The van der Waals surface area contributed by atoms with Crippen molar-refractivity contribution in [3.05, 3.63) is 34.1 Å². The zero-order valence-electron chi connectivity index (χ0n) is 7.22. The fourth-order valence-electron chi connectivity index (χ4n) is 1.00. The molecule has 0 radical (unpaired) electrons. The van der Waals surface area contributed by atoms with Crippen LogP contribution in [0, 0.1) is 5.82 Å². The van der Waals surface area contributed by atoms with E-state index in [1.165, 1.54) is 12.1 Å². The lowest BCUT2D eigenvalue weighted by Gasteiger charge is -2.03. The third-order valence-electron chi connectivity index (χ3n) is 1.67. The Balaban J connectivity index is 2.94. The molecule has 13 heavy (non-hydrogen) atoms. The van der Waals surface area contributed by atoms with Crippen LogP contribution in [0.1, 0.15) is 12.5 Å². The Labute approximate surface area is 84.8 Å². The lowest BCUT2D eigenvalue weighted by Crippen LogP contribution is -2.02. The molecule has 1 aromatic rings. The second-order valence-corrected chi connectivity index (χ2v) is 3.63. The second kappa shape index (κ2) is 4.37. The van der Waals surface area contributed by atoms with Gasteiger partial charge in [0.05, 0.1) is 0 Å². The summed E-state index contributed by atoms with van der Waals surface area (Å²) in [6.07, 6.45) is 0.564. The predicted octanol–water partition coefficient (Wildman–Crippen LogP) is 2.47. The van der Waals surface area contributed by atoms with E-state index in [-0.39, 0.29) is 5.82 Å². The first-order valence-corrected chi connectivity index (χ1v) is 4.60. The summed E-state index contributed by atoms with van der Waals surface area (Å²) in [6, 6.07) is 4.55. The molecule has 0 aliphatic heterocycles. The SMILES string of the molecule is C/C(Cc1cc(F)ccc1Br)=N/N. The predicted molar refractivity (Wildman–Crippen MR) is 55.1 cm³/mol. The normalized spacial score (nSPS) is 11.8. The third kappa shape index (κ3) is 2.81. The van der Waals surface area contributed by atoms with Crippen LogP contribution in [0.25, 0.3) is 0 Å². The highest BCUT2D eigenvalue weighted by Gasteiger charge is 2.02. The number of benzene rings is 1. The molecule has 0 aliphatic rings. The van der Waals surface area contributed by atoms with Crippen molar-refractivity contribution in [3.8, 4) is 0 Å². The van der Waals surface area contributed by atoms with Crippen LogP contribution in [0.15, 0.2) is 27.8 Å². The van der Waals surface area contributed by atoms with E-state index in [9.17, 15) is 4.39 Å².